The van der Waals surface area contributed by atoms with Crippen LogP contribution in [0.2, 0.25) is 10.0 Å². The van der Waals surface area contributed by atoms with Gasteiger partial charge in [-0.05, 0) is 25.1 Å². The van der Waals surface area contributed by atoms with Crippen molar-refractivity contribution < 1.29 is 4.79 Å². The van der Waals surface area contributed by atoms with Crippen molar-refractivity contribution in [2.45, 2.75) is 13.0 Å². The van der Waals surface area contributed by atoms with Crippen LogP contribution in [0.3, 0.4) is 0 Å². The second-order valence-corrected chi connectivity index (χ2v) is 3.62. The molecule has 4 heteroatoms. The van der Waals surface area contributed by atoms with Crippen LogP contribution >= 0.6 is 23.2 Å². The first-order valence-electron chi connectivity index (χ1n) is 3.77. The number of carbonyl (C=O) groups excluding carboxylic acids is 1. The Morgan fingerprint density at radius 3 is 2.62 bits per heavy atom. The van der Waals surface area contributed by atoms with Crippen LogP contribution in [0.5, 0.6) is 0 Å². The summed E-state index contributed by atoms with van der Waals surface area (Å²) in [4.78, 5) is 11.4. The number of hydrogen-bond acceptors (Lipinski definition) is 2. The van der Waals surface area contributed by atoms with Crippen LogP contribution in [-0.2, 0) is 0 Å². The fourth-order valence-electron chi connectivity index (χ4n) is 0.932. The Kier molecular flexibility index (Phi) is 3.31. The average Bonchev–Trinajstić information content (AvgIpc) is 2.08. The molecule has 0 saturated heterocycles. The Bertz CT molecular complexity index is 336. The number of halogens is 2. The van der Waals surface area contributed by atoms with Gasteiger partial charge in [0.05, 0.1) is 11.1 Å². The molecule has 1 rings (SSSR count). The lowest BCUT2D eigenvalue weighted by Gasteiger charge is -2.06. The lowest BCUT2D eigenvalue weighted by molar-refractivity contribution is 0.0968. The van der Waals surface area contributed by atoms with Gasteiger partial charge in [-0.2, -0.15) is 0 Å². The zero-order valence-corrected chi connectivity index (χ0v) is 8.56. The minimum Gasteiger partial charge on any atom is -0.321 e. The molecular formula is C9H9Cl2NO. The normalized spacial score (nSPS) is 12.6. The summed E-state index contributed by atoms with van der Waals surface area (Å²) in [6.07, 6.45) is 0. The number of ketones is 1. The van der Waals surface area contributed by atoms with Crippen molar-refractivity contribution in [3.8, 4) is 0 Å². The molecule has 0 fully saturated rings. The van der Waals surface area contributed by atoms with E-state index in [1.165, 1.54) is 6.07 Å². The van der Waals surface area contributed by atoms with Gasteiger partial charge >= 0.3 is 0 Å². The van der Waals surface area contributed by atoms with E-state index in [2.05, 4.69) is 0 Å². The topological polar surface area (TPSA) is 43.1 Å². The molecule has 70 valence electrons. The largest absolute Gasteiger partial charge is 0.321 e. The molecule has 0 amide bonds. The summed E-state index contributed by atoms with van der Waals surface area (Å²) in [6.45, 7) is 1.61. The maximum Gasteiger partial charge on any atom is 0.180 e. The van der Waals surface area contributed by atoms with Gasteiger partial charge in [-0.25, -0.2) is 0 Å². The third-order valence-electron chi connectivity index (χ3n) is 1.61. The molecule has 0 aliphatic carbocycles. The molecule has 0 aliphatic rings. The average molecular weight is 218 g/mol. The summed E-state index contributed by atoms with van der Waals surface area (Å²) in [7, 11) is 0. The molecule has 1 atom stereocenters. The maximum absolute atomic E-state index is 11.4. The van der Waals surface area contributed by atoms with Crippen LogP contribution in [0.1, 0.15) is 17.3 Å². The van der Waals surface area contributed by atoms with Gasteiger partial charge in [-0.15, -0.1) is 0 Å². The van der Waals surface area contributed by atoms with E-state index in [0.717, 1.165) is 0 Å². The molecule has 0 aromatic heterocycles. The number of nitrogens with two attached hydrogens (primary N) is 1. The molecule has 0 radical (unpaired) electrons. The van der Waals surface area contributed by atoms with Gasteiger partial charge < -0.3 is 5.73 Å². The van der Waals surface area contributed by atoms with Crippen molar-refractivity contribution in [2.24, 2.45) is 5.73 Å². The first-order chi connectivity index (χ1) is 6.02. The van der Waals surface area contributed by atoms with Crippen LogP contribution in [0.25, 0.3) is 0 Å². The molecule has 0 aliphatic heterocycles. The summed E-state index contributed by atoms with van der Waals surface area (Å²) in [5.41, 5.74) is 5.81. The molecule has 1 unspecified atom stereocenters. The summed E-state index contributed by atoms with van der Waals surface area (Å²) >= 11 is 11.5. The molecule has 1 aromatic carbocycles. The maximum atomic E-state index is 11.4. The van der Waals surface area contributed by atoms with Gasteiger partial charge in [-0.1, -0.05) is 23.2 Å². The molecule has 0 saturated carbocycles. The highest BCUT2D eigenvalue weighted by Gasteiger charge is 2.14. The van der Waals surface area contributed by atoms with Crippen molar-refractivity contribution in [2.75, 3.05) is 0 Å². The molecule has 1 aromatic rings. The third-order valence-corrected chi connectivity index (χ3v) is 2.17. The molecule has 0 bridgehead atoms. The van der Waals surface area contributed by atoms with Gasteiger partial charge in [0.2, 0.25) is 0 Å². The van der Waals surface area contributed by atoms with E-state index in [1.807, 2.05) is 0 Å². The van der Waals surface area contributed by atoms with Gasteiger partial charge in [0.25, 0.3) is 0 Å². The van der Waals surface area contributed by atoms with Crippen molar-refractivity contribution in [1.29, 1.82) is 0 Å². The first kappa shape index (κ1) is 10.5. The van der Waals surface area contributed by atoms with E-state index in [1.54, 1.807) is 19.1 Å². The number of hydrogen-bond donors (Lipinski definition) is 1. The van der Waals surface area contributed by atoms with E-state index in [4.69, 9.17) is 28.9 Å². The van der Waals surface area contributed by atoms with Crippen LogP contribution in [-0.4, -0.2) is 11.8 Å². The molecular weight excluding hydrogens is 209 g/mol. The number of carbonyl (C=O) groups is 1. The quantitative estimate of drug-likeness (QED) is 0.775. The molecule has 0 spiro atoms. The van der Waals surface area contributed by atoms with Crippen LogP contribution in [0.15, 0.2) is 18.2 Å². The minimum atomic E-state index is -0.559. The summed E-state index contributed by atoms with van der Waals surface area (Å²) in [5.74, 6) is -0.201. The number of rotatable bonds is 2. The van der Waals surface area contributed by atoms with Crippen molar-refractivity contribution >= 4 is 29.0 Å². The monoisotopic (exact) mass is 217 g/mol. The third kappa shape index (κ3) is 2.44. The van der Waals surface area contributed by atoms with Crippen LogP contribution in [0.4, 0.5) is 0 Å². The Balaban J connectivity index is 3.13. The van der Waals surface area contributed by atoms with Crippen LogP contribution < -0.4 is 5.73 Å². The molecule has 2 nitrogen and oxygen atoms in total. The van der Waals surface area contributed by atoms with E-state index in [0.29, 0.717) is 15.6 Å². The van der Waals surface area contributed by atoms with E-state index < -0.39 is 6.04 Å². The zero-order valence-electron chi connectivity index (χ0n) is 7.05. The van der Waals surface area contributed by atoms with Gasteiger partial charge in [0.15, 0.2) is 5.78 Å². The summed E-state index contributed by atoms with van der Waals surface area (Å²) in [6, 6.07) is 4.17. The zero-order chi connectivity index (χ0) is 10.0. The Labute approximate surface area is 86.6 Å². The lowest BCUT2D eigenvalue weighted by Crippen LogP contribution is -2.26. The Morgan fingerprint density at radius 1 is 1.46 bits per heavy atom. The summed E-state index contributed by atoms with van der Waals surface area (Å²) < 4.78 is 0. The highest BCUT2D eigenvalue weighted by atomic mass is 35.5. The highest BCUT2D eigenvalue weighted by Crippen LogP contribution is 2.21. The second kappa shape index (κ2) is 4.09. The highest BCUT2D eigenvalue weighted by molar-refractivity contribution is 6.36. The van der Waals surface area contributed by atoms with Crippen molar-refractivity contribution in [3.05, 3.63) is 33.8 Å². The number of Topliss-reactive ketones (excluding diaryl/α,β-unsaturated/α-hetero) is 1. The molecule has 0 heterocycles. The smallest absolute Gasteiger partial charge is 0.180 e. The van der Waals surface area contributed by atoms with Crippen LogP contribution in [0, 0.1) is 0 Å². The van der Waals surface area contributed by atoms with E-state index >= 15 is 0 Å². The van der Waals surface area contributed by atoms with Gasteiger partial charge in [-0.3, -0.25) is 4.79 Å². The fourth-order valence-corrected chi connectivity index (χ4v) is 1.31. The second-order valence-electron chi connectivity index (χ2n) is 2.78. The fraction of sp³-hybridized carbons (Fsp3) is 0.222. The predicted octanol–water partition coefficient (Wildman–Crippen LogP) is 2.52. The lowest BCUT2D eigenvalue weighted by atomic mass is 10.1. The van der Waals surface area contributed by atoms with E-state index in [9.17, 15) is 4.79 Å². The van der Waals surface area contributed by atoms with Crippen molar-refractivity contribution in [3.63, 3.8) is 0 Å². The standard InChI is InChI=1S/C9H9Cl2NO/c1-5(12)9(13)7-4-6(10)2-3-8(7)11/h2-5H,12H2,1H3. The Morgan fingerprint density at radius 2 is 2.08 bits per heavy atom. The summed E-state index contributed by atoms with van der Waals surface area (Å²) in [5, 5.41) is 0.861. The van der Waals surface area contributed by atoms with Gasteiger partial charge in [0.1, 0.15) is 0 Å². The molecule has 2 N–H and O–H groups in total. The SMILES string of the molecule is CC(N)C(=O)c1cc(Cl)ccc1Cl. The van der Waals surface area contributed by atoms with Crippen molar-refractivity contribution in [1.82, 2.24) is 0 Å². The Hall–Kier alpha value is -0.570. The van der Waals surface area contributed by atoms with E-state index in [-0.39, 0.29) is 5.78 Å². The number of benzene rings is 1. The van der Waals surface area contributed by atoms with Gasteiger partial charge in [0, 0.05) is 10.6 Å². The first-order valence-corrected chi connectivity index (χ1v) is 4.53. The minimum absolute atomic E-state index is 0.201. The predicted molar refractivity (Wildman–Crippen MR) is 54.4 cm³/mol. The molecule has 13 heavy (non-hydrogen) atoms.